The van der Waals surface area contributed by atoms with Gasteiger partial charge in [-0.15, -0.1) is 0 Å². The van der Waals surface area contributed by atoms with Crippen LogP contribution in [0, 0.1) is 0 Å². The first kappa shape index (κ1) is 41.7. The second kappa shape index (κ2) is 16.1. The maximum Gasteiger partial charge on any atom is 2.00 e. The fourth-order valence-electron chi connectivity index (χ4n) is 0.875. The SMILES string of the molecule is C=C(C)OP(=O)([O-])C(O)P(=O)([O-])[O-].C=C(C)OP(=O)([O-])C(O)P(=O)([O-])[O-].[Cd+2].[Cd+2].[Cd+2]. The third-order valence-corrected chi connectivity index (χ3v) is 8.49. The number of rotatable bonds is 8. The fraction of sp³-hybridized carbons (Fsp3) is 0.500. The van der Waals surface area contributed by atoms with Crippen molar-refractivity contribution in [1.29, 1.82) is 0 Å². The zero-order valence-corrected chi connectivity index (χ0v) is 31.0. The molecule has 4 unspecified atom stereocenters. The molecule has 0 aliphatic carbocycles. The first-order valence-corrected chi connectivity index (χ1v) is 12.3. The van der Waals surface area contributed by atoms with Gasteiger partial charge >= 0.3 is 81.9 Å². The molecule has 4 atom stereocenters. The van der Waals surface area contributed by atoms with Gasteiger partial charge in [-0.25, -0.2) is 0 Å². The molecule has 0 aromatic heterocycles. The summed E-state index contributed by atoms with van der Waals surface area (Å²) in [6, 6.07) is 0. The quantitative estimate of drug-likeness (QED) is 0.138. The van der Waals surface area contributed by atoms with Crippen LogP contribution >= 0.6 is 30.4 Å². The van der Waals surface area contributed by atoms with E-state index in [1.165, 1.54) is 0 Å². The van der Waals surface area contributed by atoms with Crippen molar-refractivity contribution in [2.24, 2.45) is 0 Å². The summed E-state index contributed by atoms with van der Waals surface area (Å²) in [5.41, 5.74) is -6.15. The van der Waals surface area contributed by atoms with E-state index in [9.17, 15) is 47.6 Å². The molecule has 14 nitrogen and oxygen atoms in total. The monoisotopic (exact) mass is 800 g/mol. The molecule has 21 heteroatoms. The molecule has 0 saturated carbocycles. The molecule has 0 heterocycles. The Kier molecular flexibility index (Phi) is 23.2. The summed E-state index contributed by atoms with van der Waals surface area (Å²) in [6.45, 7) is 8.26. The summed E-state index contributed by atoms with van der Waals surface area (Å²) < 4.78 is 49.4. The molecule has 0 aliphatic heterocycles. The van der Waals surface area contributed by atoms with Crippen molar-refractivity contribution in [3.63, 3.8) is 0 Å². The van der Waals surface area contributed by atoms with Crippen LogP contribution in [0.3, 0.4) is 0 Å². The first-order valence-electron chi connectivity index (χ1n) is 5.86. The average Bonchev–Trinajstić information content (AvgIpc) is 2.32. The van der Waals surface area contributed by atoms with Gasteiger partial charge in [0.1, 0.15) is 0 Å². The molecule has 0 saturated heterocycles. The van der Waals surface area contributed by atoms with Crippen LogP contribution in [0.2, 0.25) is 0 Å². The molecule has 29 heavy (non-hydrogen) atoms. The van der Waals surface area contributed by atoms with E-state index in [1.54, 1.807) is 0 Å². The Hall–Kier alpha value is 2.45. The van der Waals surface area contributed by atoms with Crippen LogP contribution in [0.15, 0.2) is 24.7 Å². The summed E-state index contributed by atoms with van der Waals surface area (Å²) >= 11 is 0. The molecule has 0 radical (unpaired) electrons. The maximum atomic E-state index is 10.7. The first-order chi connectivity index (χ1) is 11.1. The summed E-state index contributed by atoms with van der Waals surface area (Å²) in [4.78, 5) is 61.8. The van der Waals surface area contributed by atoms with Gasteiger partial charge < -0.3 is 57.8 Å². The molecule has 0 fully saturated rings. The number of aliphatic hydroxyl groups is 2. The van der Waals surface area contributed by atoms with Crippen molar-refractivity contribution in [3.8, 4) is 0 Å². The molecule has 0 aromatic rings. The second-order valence-electron chi connectivity index (χ2n) is 4.44. The van der Waals surface area contributed by atoms with Gasteiger partial charge in [0.15, 0.2) is 11.2 Å². The van der Waals surface area contributed by atoms with Crippen molar-refractivity contribution in [3.05, 3.63) is 24.7 Å². The predicted octanol–water partition coefficient (Wildman–Crippen LogP) is -3.45. The number of hydrogen-bond acceptors (Lipinski definition) is 14. The van der Waals surface area contributed by atoms with E-state index in [0.717, 1.165) is 13.8 Å². The smallest absolute Gasteiger partial charge is 0.809 e. The van der Waals surface area contributed by atoms with Crippen molar-refractivity contribution in [2.45, 2.75) is 25.0 Å². The minimum absolute atomic E-state index is 0. The molecule has 0 aromatic carbocycles. The number of hydrogen-bond donors (Lipinski definition) is 2. The van der Waals surface area contributed by atoms with Gasteiger partial charge in [0, 0.05) is 0 Å². The number of allylic oxidation sites excluding steroid dienone is 2. The van der Waals surface area contributed by atoms with Crippen LogP contribution in [0.1, 0.15) is 13.8 Å². The van der Waals surface area contributed by atoms with Crippen LogP contribution in [0.4, 0.5) is 0 Å². The molecule has 0 amide bonds. The van der Waals surface area contributed by atoms with E-state index in [0.29, 0.717) is 0 Å². The van der Waals surface area contributed by atoms with Crippen molar-refractivity contribution in [1.82, 2.24) is 0 Å². The molecular weight excluding hydrogens is 781 g/mol. The van der Waals surface area contributed by atoms with Crippen LogP contribution < -0.4 is 29.4 Å². The minimum atomic E-state index is -5.62. The summed E-state index contributed by atoms with van der Waals surface area (Å²) in [5, 5.41) is 17.1. The van der Waals surface area contributed by atoms with Crippen LogP contribution in [-0.2, 0) is 109 Å². The molecule has 0 aliphatic rings. The van der Waals surface area contributed by atoms with Gasteiger partial charge in [-0.1, -0.05) is 13.2 Å². The Morgan fingerprint density at radius 2 is 0.862 bits per heavy atom. The Morgan fingerprint density at radius 1 is 0.690 bits per heavy atom. The van der Waals surface area contributed by atoms with E-state index in [1.807, 2.05) is 0 Å². The van der Waals surface area contributed by atoms with Crippen LogP contribution in [-0.4, -0.2) is 21.4 Å². The third-order valence-electron chi connectivity index (χ3n) is 1.70. The van der Waals surface area contributed by atoms with Crippen LogP contribution in [0.5, 0.6) is 0 Å². The van der Waals surface area contributed by atoms with Crippen LogP contribution in [0.25, 0.3) is 0 Å². The van der Waals surface area contributed by atoms with Gasteiger partial charge in [-0.2, -0.15) is 0 Å². The van der Waals surface area contributed by atoms with Crippen molar-refractivity contribution in [2.75, 3.05) is 0 Å². The Balaban J connectivity index is -0.000000120. The summed E-state index contributed by atoms with van der Waals surface area (Å²) in [7, 11) is -21.5. The zero-order valence-electron chi connectivity index (χ0n) is 15.3. The Labute approximate surface area is 226 Å². The molecule has 2 N–H and O–H groups in total. The Bertz CT molecular complexity index is 656. The fourth-order valence-corrected chi connectivity index (χ4v) is 4.99. The van der Waals surface area contributed by atoms with E-state index in [2.05, 4.69) is 22.2 Å². The Morgan fingerprint density at radius 3 is 0.966 bits per heavy atom. The normalized spacial score (nSPS) is 16.9. The number of aliphatic hydroxyl groups excluding tert-OH is 2. The van der Waals surface area contributed by atoms with E-state index < -0.39 is 41.6 Å². The molecule has 156 valence electrons. The third kappa shape index (κ3) is 18.5. The zero-order chi connectivity index (χ0) is 21.7. The molecule has 0 spiro atoms. The van der Waals surface area contributed by atoms with Crippen molar-refractivity contribution < 1.29 is 149 Å². The van der Waals surface area contributed by atoms with E-state index in [-0.39, 0.29) is 93.4 Å². The average molecular weight is 795 g/mol. The predicted molar refractivity (Wildman–Crippen MR) is 74.2 cm³/mol. The van der Waals surface area contributed by atoms with E-state index in [4.69, 9.17) is 10.2 Å². The van der Waals surface area contributed by atoms with Gasteiger partial charge in [-0.05, 0) is 29.0 Å². The van der Waals surface area contributed by atoms with Gasteiger partial charge in [0.25, 0.3) is 0 Å². The van der Waals surface area contributed by atoms with Gasteiger partial charge in [-0.3, -0.25) is 9.13 Å². The maximum absolute atomic E-state index is 10.7. The van der Waals surface area contributed by atoms with Gasteiger partial charge in [0.2, 0.25) is 15.2 Å². The summed E-state index contributed by atoms with van der Waals surface area (Å²) in [6.07, 6.45) is 0. The summed E-state index contributed by atoms with van der Waals surface area (Å²) in [5.74, 6) is -0.684. The molecule has 0 rings (SSSR count). The molecular formula is C8H14Cd3O14P4. The van der Waals surface area contributed by atoms with E-state index >= 15 is 0 Å². The minimum Gasteiger partial charge on any atom is -0.809 e. The second-order valence-corrected chi connectivity index (χ2v) is 11.9. The largest absolute Gasteiger partial charge is 2.00 e. The topological polar surface area (TPSA) is 266 Å². The standard InChI is InChI=1S/2C4H10O7P2.3Cd/c2*1-3(2)11-13(9,10)4(5)12(6,7)8;;;/h2*4-5H,1H2,2H3,(H,9,10)(H2,6,7,8);;;/q;;3*+2/p-6. The van der Waals surface area contributed by atoms with Crippen molar-refractivity contribution >= 4 is 30.4 Å². The van der Waals surface area contributed by atoms with Gasteiger partial charge in [0.05, 0.1) is 11.5 Å². The molecule has 0 bridgehead atoms.